The Kier molecular flexibility index (Phi) is 2.66. The van der Waals surface area contributed by atoms with E-state index in [1.807, 2.05) is 30.3 Å². The molecule has 1 aliphatic heterocycles. The number of hydrogen-bond donors (Lipinski definition) is 1. The van der Waals surface area contributed by atoms with Crippen LogP contribution in [-0.4, -0.2) is 18.7 Å². The number of methoxy groups -OCH3 is 1. The number of hydrogen-bond acceptors (Lipinski definition) is 4. The highest BCUT2D eigenvalue weighted by atomic mass is 16.7. The molecule has 4 nitrogen and oxygen atoms in total. The average Bonchev–Trinajstić information content (AvgIpc) is 2.73. The number of carbonyl (C=O) groups is 1. The smallest absolute Gasteiger partial charge is 0.344 e. The van der Waals surface area contributed by atoms with Crippen molar-refractivity contribution in [2.24, 2.45) is 0 Å². The number of hydroxylamine groups is 1. The molecule has 0 saturated carbocycles. The van der Waals surface area contributed by atoms with Crippen LogP contribution in [-0.2, 0) is 14.4 Å². The van der Waals surface area contributed by atoms with Gasteiger partial charge in [-0.25, -0.2) is 4.79 Å². The van der Waals surface area contributed by atoms with E-state index in [2.05, 4.69) is 10.2 Å². The standard InChI is InChI=1S/C12H13NO3/c1-12(11(14)15-2)8-10(13-16-12)9-6-4-3-5-7-9/h3-8,13H,1-2H3. The average molecular weight is 219 g/mol. The predicted octanol–water partition coefficient (Wildman–Crippen LogP) is 1.49. The van der Waals surface area contributed by atoms with Crippen LogP contribution < -0.4 is 5.48 Å². The Labute approximate surface area is 93.8 Å². The van der Waals surface area contributed by atoms with E-state index in [0.29, 0.717) is 0 Å². The number of rotatable bonds is 2. The first-order valence-corrected chi connectivity index (χ1v) is 4.96. The molecule has 0 aliphatic carbocycles. The molecule has 1 heterocycles. The molecular formula is C12H13NO3. The second-order valence-electron chi connectivity index (χ2n) is 3.73. The zero-order valence-electron chi connectivity index (χ0n) is 9.19. The van der Waals surface area contributed by atoms with E-state index in [4.69, 9.17) is 4.84 Å². The van der Waals surface area contributed by atoms with E-state index in [9.17, 15) is 4.79 Å². The summed E-state index contributed by atoms with van der Waals surface area (Å²) >= 11 is 0. The molecule has 2 rings (SSSR count). The van der Waals surface area contributed by atoms with E-state index >= 15 is 0 Å². The van der Waals surface area contributed by atoms with Crippen LogP contribution in [0.5, 0.6) is 0 Å². The highest BCUT2D eigenvalue weighted by Gasteiger charge is 2.39. The van der Waals surface area contributed by atoms with E-state index in [1.165, 1.54) is 7.11 Å². The fourth-order valence-corrected chi connectivity index (χ4v) is 1.56. The SMILES string of the molecule is COC(=O)C1(C)C=C(c2ccccc2)NO1. The van der Waals surface area contributed by atoms with Crippen molar-refractivity contribution >= 4 is 11.7 Å². The fraction of sp³-hybridized carbons (Fsp3) is 0.250. The summed E-state index contributed by atoms with van der Waals surface area (Å²) in [6.07, 6.45) is 1.72. The summed E-state index contributed by atoms with van der Waals surface area (Å²) in [5.41, 5.74) is 3.42. The second-order valence-corrected chi connectivity index (χ2v) is 3.73. The van der Waals surface area contributed by atoms with Gasteiger partial charge in [-0.2, -0.15) is 0 Å². The lowest BCUT2D eigenvalue weighted by molar-refractivity contribution is -0.163. The van der Waals surface area contributed by atoms with Crippen molar-refractivity contribution in [2.45, 2.75) is 12.5 Å². The first-order chi connectivity index (χ1) is 7.65. The maximum Gasteiger partial charge on any atom is 0.344 e. The molecule has 1 atom stereocenters. The summed E-state index contributed by atoms with van der Waals surface area (Å²) in [6.45, 7) is 1.65. The van der Waals surface area contributed by atoms with Gasteiger partial charge in [-0.15, -0.1) is 0 Å². The van der Waals surface area contributed by atoms with Gasteiger partial charge < -0.3 is 4.74 Å². The molecule has 0 amide bonds. The molecule has 0 radical (unpaired) electrons. The molecule has 1 aromatic carbocycles. The number of carbonyl (C=O) groups excluding carboxylic acids is 1. The van der Waals surface area contributed by atoms with Gasteiger partial charge >= 0.3 is 5.97 Å². The van der Waals surface area contributed by atoms with Crippen molar-refractivity contribution in [2.75, 3.05) is 7.11 Å². The molecular weight excluding hydrogens is 206 g/mol. The highest BCUT2D eigenvalue weighted by molar-refractivity contribution is 5.85. The summed E-state index contributed by atoms with van der Waals surface area (Å²) in [4.78, 5) is 16.7. The topological polar surface area (TPSA) is 47.6 Å². The van der Waals surface area contributed by atoms with Crippen molar-refractivity contribution in [3.8, 4) is 0 Å². The Hall–Kier alpha value is -1.81. The minimum absolute atomic E-state index is 0.425. The Morgan fingerprint density at radius 2 is 2.06 bits per heavy atom. The van der Waals surface area contributed by atoms with Crippen LogP contribution >= 0.6 is 0 Å². The lowest BCUT2D eigenvalue weighted by Crippen LogP contribution is -2.36. The molecule has 16 heavy (non-hydrogen) atoms. The molecule has 4 heteroatoms. The second kappa shape index (κ2) is 3.98. The van der Waals surface area contributed by atoms with Crippen LogP contribution in [0.1, 0.15) is 12.5 Å². The van der Waals surface area contributed by atoms with Gasteiger partial charge in [-0.1, -0.05) is 30.3 Å². The van der Waals surface area contributed by atoms with Gasteiger partial charge in [0.2, 0.25) is 5.60 Å². The minimum Gasteiger partial charge on any atom is -0.467 e. The first kappa shape index (κ1) is 10.7. The van der Waals surface area contributed by atoms with Gasteiger partial charge in [0.1, 0.15) is 0 Å². The Bertz CT molecular complexity index is 427. The molecule has 0 spiro atoms. The molecule has 1 aromatic rings. The Morgan fingerprint density at radius 3 is 2.69 bits per heavy atom. The van der Waals surface area contributed by atoms with Crippen LogP contribution in [0.3, 0.4) is 0 Å². The van der Waals surface area contributed by atoms with Crippen LogP contribution in [0.15, 0.2) is 36.4 Å². The third-order valence-electron chi connectivity index (χ3n) is 2.47. The number of benzene rings is 1. The van der Waals surface area contributed by atoms with Gasteiger partial charge in [-0.3, -0.25) is 10.3 Å². The molecule has 1 unspecified atom stereocenters. The van der Waals surface area contributed by atoms with E-state index in [0.717, 1.165) is 11.3 Å². The fourth-order valence-electron chi connectivity index (χ4n) is 1.56. The Morgan fingerprint density at radius 1 is 1.38 bits per heavy atom. The van der Waals surface area contributed by atoms with Crippen LogP contribution in [0.2, 0.25) is 0 Å². The van der Waals surface area contributed by atoms with Gasteiger partial charge in [0.15, 0.2) is 0 Å². The summed E-state index contributed by atoms with van der Waals surface area (Å²) in [5, 5.41) is 0. The zero-order chi connectivity index (χ0) is 11.6. The van der Waals surface area contributed by atoms with Crippen LogP contribution in [0.25, 0.3) is 5.70 Å². The third-order valence-corrected chi connectivity index (χ3v) is 2.47. The molecule has 0 aromatic heterocycles. The predicted molar refractivity (Wildman–Crippen MR) is 59.1 cm³/mol. The van der Waals surface area contributed by atoms with Gasteiger partial charge in [0, 0.05) is 0 Å². The van der Waals surface area contributed by atoms with Crippen molar-refractivity contribution in [3.05, 3.63) is 42.0 Å². The summed E-state index contributed by atoms with van der Waals surface area (Å²) < 4.78 is 4.67. The van der Waals surface area contributed by atoms with E-state index < -0.39 is 11.6 Å². The van der Waals surface area contributed by atoms with Crippen molar-refractivity contribution < 1.29 is 14.4 Å². The lowest BCUT2D eigenvalue weighted by Gasteiger charge is -2.15. The number of ether oxygens (including phenoxy) is 1. The van der Waals surface area contributed by atoms with E-state index in [1.54, 1.807) is 13.0 Å². The highest BCUT2D eigenvalue weighted by Crippen LogP contribution is 2.26. The molecule has 0 fully saturated rings. The summed E-state index contributed by atoms with van der Waals surface area (Å²) in [7, 11) is 1.34. The largest absolute Gasteiger partial charge is 0.467 e. The van der Waals surface area contributed by atoms with Crippen molar-refractivity contribution in [1.29, 1.82) is 0 Å². The number of nitrogens with one attached hydrogen (secondary N) is 1. The summed E-state index contributed by atoms with van der Waals surface area (Å²) in [5.74, 6) is -0.425. The Balaban J connectivity index is 2.28. The van der Waals surface area contributed by atoms with E-state index in [-0.39, 0.29) is 0 Å². The van der Waals surface area contributed by atoms with Crippen LogP contribution in [0, 0.1) is 0 Å². The quantitative estimate of drug-likeness (QED) is 0.766. The van der Waals surface area contributed by atoms with Crippen molar-refractivity contribution in [3.63, 3.8) is 0 Å². The first-order valence-electron chi connectivity index (χ1n) is 4.96. The summed E-state index contributed by atoms with van der Waals surface area (Å²) in [6, 6.07) is 9.65. The minimum atomic E-state index is -1.06. The maximum absolute atomic E-state index is 11.5. The molecule has 0 bridgehead atoms. The third kappa shape index (κ3) is 1.79. The molecule has 1 aliphatic rings. The van der Waals surface area contributed by atoms with Gasteiger partial charge in [-0.05, 0) is 18.6 Å². The molecule has 84 valence electrons. The lowest BCUT2D eigenvalue weighted by atomic mass is 10.0. The van der Waals surface area contributed by atoms with Gasteiger partial charge in [0.25, 0.3) is 0 Å². The monoisotopic (exact) mass is 219 g/mol. The zero-order valence-corrected chi connectivity index (χ0v) is 9.19. The van der Waals surface area contributed by atoms with Crippen molar-refractivity contribution in [1.82, 2.24) is 5.48 Å². The normalized spacial score (nSPS) is 23.5. The number of esters is 1. The maximum atomic E-state index is 11.5. The molecule has 1 N–H and O–H groups in total. The molecule has 0 saturated heterocycles. The van der Waals surface area contributed by atoms with Gasteiger partial charge in [0.05, 0.1) is 12.8 Å². The van der Waals surface area contributed by atoms with Crippen LogP contribution in [0.4, 0.5) is 0 Å².